The predicted octanol–water partition coefficient (Wildman–Crippen LogP) is 6.15. The van der Waals surface area contributed by atoms with Crippen LogP contribution in [0, 0.1) is 0 Å². The summed E-state index contributed by atoms with van der Waals surface area (Å²) in [7, 11) is 1.61. The van der Waals surface area contributed by atoms with Gasteiger partial charge in [-0.15, -0.1) is 0 Å². The Morgan fingerprint density at radius 1 is 0.857 bits per heavy atom. The normalized spacial score (nSPS) is 11.9. The maximum atomic E-state index is 14.6. The molecule has 1 heterocycles. The van der Waals surface area contributed by atoms with Gasteiger partial charge in [-0.1, -0.05) is 72.8 Å². The standard InChI is InChI=1S/C35H35N3O4/c1-4-42-29-21-19-28(20-22-29)38-33(36-31-18-12-11-17-30(31)34(38)39)25(2)37(23-24-41-3)35(40)32(26-13-7-5-8-14-26)27-15-9-6-10-16-27/h5-22,25,32H,4,23-24H2,1-3H3. The van der Waals surface area contributed by atoms with E-state index in [9.17, 15) is 9.59 Å². The molecule has 7 heteroatoms. The third kappa shape index (κ3) is 5.97. The fraction of sp³-hybridized carbons (Fsp3) is 0.229. The Morgan fingerprint density at radius 2 is 1.45 bits per heavy atom. The average Bonchev–Trinajstić information content (AvgIpc) is 3.03. The number of rotatable bonds is 11. The van der Waals surface area contributed by atoms with E-state index in [0.717, 1.165) is 11.1 Å². The highest BCUT2D eigenvalue weighted by atomic mass is 16.5. The number of para-hydroxylation sites is 1. The molecule has 0 saturated carbocycles. The van der Waals surface area contributed by atoms with Crippen LogP contribution in [0.5, 0.6) is 5.75 Å². The third-order valence-corrected chi connectivity index (χ3v) is 7.38. The highest BCUT2D eigenvalue weighted by molar-refractivity contribution is 5.87. The first-order valence-corrected chi connectivity index (χ1v) is 14.2. The van der Waals surface area contributed by atoms with E-state index in [-0.39, 0.29) is 11.5 Å². The molecule has 0 aliphatic carbocycles. The van der Waals surface area contributed by atoms with E-state index in [0.29, 0.717) is 47.9 Å². The smallest absolute Gasteiger partial charge is 0.266 e. The molecule has 4 aromatic carbocycles. The van der Waals surface area contributed by atoms with Crippen LogP contribution in [0.4, 0.5) is 0 Å². The van der Waals surface area contributed by atoms with E-state index in [2.05, 4.69) is 0 Å². The van der Waals surface area contributed by atoms with Crippen molar-refractivity contribution in [1.29, 1.82) is 0 Å². The second-order valence-corrected chi connectivity index (χ2v) is 10.0. The lowest BCUT2D eigenvalue weighted by molar-refractivity contribution is -0.135. The van der Waals surface area contributed by atoms with Crippen molar-refractivity contribution in [2.24, 2.45) is 0 Å². The van der Waals surface area contributed by atoms with Gasteiger partial charge in [-0.3, -0.25) is 14.2 Å². The maximum absolute atomic E-state index is 14.6. The lowest BCUT2D eigenvalue weighted by Crippen LogP contribution is -2.42. The minimum absolute atomic E-state index is 0.0994. The monoisotopic (exact) mass is 561 g/mol. The van der Waals surface area contributed by atoms with Gasteiger partial charge in [-0.05, 0) is 61.4 Å². The number of methoxy groups -OCH3 is 1. The molecular formula is C35H35N3O4. The zero-order valence-electron chi connectivity index (χ0n) is 24.1. The summed E-state index contributed by atoms with van der Waals surface area (Å²) in [6.45, 7) is 5.03. The average molecular weight is 562 g/mol. The van der Waals surface area contributed by atoms with E-state index in [1.54, 1.807) is 22.6 Å². The molecule has 42 heavy (non-hydrogen) atoms. The SMILES string of the molecule is CCOc1ccc(-n2c(C(C)N(CCOC)C(=O)C(c3ccccc3)c3ccccc3)nc3ccccc3c2=O)cc1. The maximum Gasteiger partial charge on any atom is 0.266 e. The Balaban J connectivity index is 1.66. The van der Waals surface area contributed by atoms with Crippen molar-refractivity contribution >= 4 is 16.8 Å². The largest absolute Gasteiger partial charge is 0.494 e. The Hall–Kier alpha value is -4.75. The fourth-order valence-electron chi connectivity index (χ4n) is 5.30. The van der Waals surface area contributed by atoms with Gasteiger partial charge in [0.1, 0.15) is 11.6 Å². The molecule has 0 radical (unpaired) electrons. The van der Waals surface area contributed by atoms with Gasteiger partial charge in [-0.25, -0.2) is 4.98 Å². The van der Waals surface area contributed by atoms with Crippen molar-refractivity contribution in [3.63, 3.8) is 0 Å². The van der Waals surface area contributed by atoms with Crippen LogP contribution in [0.1, 0.15) is 42.8 Å². The molecule has 1 amide bonds. The number of hydrogen-bond donors (Lipinski definition) is 0. The van der Waals surface area contributed by atoms with Gasteiger partial charge in [0.15, 0.2) is 0 Å². The number of carbonyl (C=O) groups is 1. The van der Waals surface area contributed by atoms with Crippen LogP contribution in [-0.4, -0.2) is 47.2 Å². The number of hydrogen-bond acceptors (Lipinski definition) is 5. The molecule has 0 fully saturated rings. The Labute approximate surface area is 246 Å². The number of fused-ring (bicyclic) bond motifs is 1. The topological polar surface area (TPSA) is 73.7 Å². The molecule has 5 rings (SSSR count). The molecule has 5 aromatic rings. The Kier molecular flexibility index (Phi) is 9.09. The second-order valence-electron chi connectivity index (χ2n) is 10.0. The summed E-state index contributed by atoms with van der Waals surface area (Å²) in [5.74, 6) is 0.533. The highest BCUT2D eigenvalue weighted by Gasteiger charge is 2.33. The molecule has 7 nitrogen and oxygen atoms in total. The zero-order valence-corrected chi connectivity index (χ0v) is 24.1. The van der Waals surface area contributed by atoms with E-state index >= 15 is 0 Å². The predicted molar refractivity (Wildman–Crippen MR) is 165 cm³/mol. The first-order chi connectivity index (χ1) is 20.5. The molecule has 1 aromatic heterocycles. The molecule has 214 valence electrons. The second kappa shape index (κ2) is 13.3. The summed E-state index contributed by atoms with van der Waals surface area (Å²) in [4.78, 5) is 35.4. The summed E-state index contributed by atoms with van der Waals surface area (Å²) in [5, 5.41) is 0.503. The van der Waals surface area contributed by atoms with Gasteiger partial charge in [0.05, 0.1) is 41.8 Å². The summed E-state index contributed by atoms with van der Waals surface area (Å²) in [6.07, 6.45) is 0. The number of nitrogens with zero attached hydrogens (tertiary/aromatic N) is 3. The molecular weight excluding hydrogens is 526 g/mol. The molecule has 0 saturated heterocycles. The first kappa shape index (κ1) is 28.8. The number of aromatic nitrogens is 2. The number of ether oxygens (including phenoxy) is 2. The van der Waals surface area contributed by atoms with Crippen molar-refractivity contribution in [3.05, 3.63) is 136 Å². The van der Waals surface area contributed by atoms with Crippen molar-refractivity contribution in [1.82, 2.24) is 14.5 Å². The Morgan fingerprint density at radius 3 is 2.05 bits per heavy atom. The van der Waals surface area contributed by atoms with Crippen molar-refractivity contribution in [3.8, 4) is 11.4 Å². The van der Waals surface area contributed by atoms with Crippen LogP contribution in [0.15, 0.2) is 114 Å². The minimum Gasteiger partial charge on any atom is -0.494 e. The van der Waals surface area contributed by atoms with Crippen LogP contribution >= 0.6 is 0 Å². The zero-order chi connectivity index (χ0) is 29.5. The summed E-state index contributed by atoms with van der Waals surface area (Å²) < 4.78 is 12.7. The lowest BCUT2D eigenvalue weighted by Gasteiger charge is -2.33. The first-order valence-electron chi connectivity index (χ1n) is 14.2. The lowest BCUT2D eigenvalue weighted by atomic mass is 9.89. The summed E-state index contributed by atoms with van der Waals surface area (Å²) in [6, 6.07) is 33.6. The molecule has 0 aliphatic rings. The Bertz CT molecular complexity index is 1650. The molecule has 0 bridgehead atoms. The number of amides is 1. The van der Waals surface area contributed by atoms with Gasteiger partial charge < -0.3 is 14.4 Å². The van der Waals surface area contributed by atoms with Crippen LogP contribution in [-0.2, 0) is 9.53 Å². The molecule has 0 N–H and O–H groups in total. The van der Waals surface area contributed by atoms with E-state index < -0.39 is 12.0 Å². The molecule has 1 unspecified atom stereocenters. The van der Waals surface area contributed by atoms with Gasteiger partial charge in [0, 0.05) is 13.7 Å². The van der Waals surface area contributed by atoms with Crippen molar-refractivity contribution < 1.29 is 14.3 Å². The third-order valence-electron chi connectivity index (χ3n) is 7.38. The van der Waals surface area contributed by atoms with Gasteiger partial charge in [0.2, 0.25) is 5.91 Å². The van der Waals surface area contributed by atoms with Crippen molar-refractivity contribution in [2.45, 2.75) is 25.8 Å². The van der Waals surface area contributed by atoms with E-state index in [1.807, 2.05) is 117 Å². The van der Waals surface area contributed by atoms with Crippen LogP contribution in [0.3, 0.4) is 0 Å². The number of carbonyl (C=O) groups excluding carboxylic acids is 1. The molecule has 0 spiro atoms. The summed E-state index contributed by atoms with van der Waals surface area (Å²) in [5.41, 5.74) is 2.80. The van der Waals surface area contributed by atoms with Crippen LogP contribution in [0.25, 0.3) is 16.6 Å². The van der Waals surface area contributed by atoms with Crippen LogP contribution < -0.4 is 10.3 Å². The summed E-state index contributed by atoms with van der Waals surface area (Å²) >= 11 is 0. The quantitative estimate of drug-likeness (QED) is 0.193. The van der Waals surface area contributed by atoms with Crippen molar-refractivity contribution in [2.75, 3.05) is 26.9 Å². The van der Waals surface area contributed by atoms with Gasteiger partial charge in [-0.2, -0.15) is 0 Å². The van der Waals surface area contributed by atoms with Gasteiger partial charge in [0.25, 0.3) is 5.56 Å². The molecule has 0 aliphatic heterocycles. The molecule has 1 atom stereocenters. The van der Waals surface area contributed by atoms with Gasteiger partial charge >= 0.3 is 0 Å². The minimum atomic E-state index is -0.563. The number of benzene rings is 4. The fourth-order valence-corrected chi connectivity index (χ4v) is 5.30. The van der Waals surface area contributed by atoms with Crippen LogP contribution in [0.2, 0.25) is 0 Å². The van der Waals surface area contributed by atoms with E-state index in [1.165, 1.54) is 0 Å². The van der Waals surface area contributed by atoms with E-state index in [4.69, 9.17) is 14.5 Å². The highest BCUT2D eigenvalue weighted by Crippen LogP contribution is 2.31.